The van der Waals surface area contributed by atoms with E-state index in [0.29, 0.717) is 12.8 Å². The molecule has 2 heterocycles. The molecule has 164 valence electrons. The maximum atomic E-state index is 13.3. The lowest BCUT2D eigenvalue weighted by molar-refractivity contribution is -0.154. The average molecular weight is 416 g/mol. The molecular formula is C23H33N3O4. The van der Waals surface area contributed by atoms with E-state index >= 15 is 0 Å². The Morgan fingerprint density at radius 3 is 2.43 bits per heavy atom. The van der Waals surface area contributed by atoms with Crippen molar-refractivity contribution < 1.29 is 19.1 Å². The number of amides is 2. The van der Waals surface area contributed by atoms with Gasteiger partial charge in [0.15, 0.2) is 0 Å². The van der Waals surface area contributed by atoms with Crippen molar-refractivity contribution in [1.29, 1.82) is 0 Å². The molecule has 0 aromatic heterocycles. The minimum Gasteiger partial charge on any atom is -0.465 e. The predicted molar refractivity (Wildman–Crippen MR) is 113 cm³/mol. The van der Waals surface area contributed by atoms with E-state index in [1.807, 2.05) is 30.3 Å². The first kappa shape index (κ1) is 22.3. The average Bonchev–Trinajstić information content (AvgIpc) is 2.76. The van der Waals surface area contributed by atoms with E-state index in [4.69, 9.17) is 10.5 Å². The molecule has 2 aliphatic heterocycles. The minimum atomic E-state index is -0.614. The predicted octanol–water partition coefficient (Wildman–Crippen LogP) is 1.78. The van der Waals surface area contributed by atoms with E-state index in [0.717, 1.165) is 31.2 Å². The fourth-order valence-corrected chi connectivity index (χ4v) is 4.90. The number of carbonyl (C=O) groups is 3. The van der Waals surface area contributed by atoms with Crippen molar-refractivity contribution in [3.8, 4) is 0 Å². The van der Waals surface area contributed by atoms with Crippen molar-refractivity contribution in [2.75, 3.05) is 6.61 Å². The molecule has 30 heavy (non-hydrogen) atoms. The van der Waals surface area contributed by atoms with Crippen LogP contribution in [0.4, 0.5) is 0 Å². The molecule has 0 unspecified atom stereocenters. The highest BCUT2D eigenvalue weighted by molar-refractivity contribution is 5.90. The number of nitrogens with two attached hydrogens (primary N) is 1. The summed E-state index contributed by atoms with van der Waals surface area (Å²) < 4.78 is 5.23. The van der Waals surface area contributed by atoms with Crippen molar-refractivity contribution in [2.45, 2.75) is 76.5 Å². The molecule has 3 fully saturated rings. The number of aryl methyl sites for hydroxylation is 1. The molecule has 0 radical (unpaired) electrons. The Labute approximate surface area is 178 Å². The molecule has 2 saturated heterocycles. The second-order valence-corrected chi connectivity index (χ2v) is 8.38. The normalized spacial score (nSPS) is 24.9. The zero-order valence-electron chi connectivity index (χ0n) is 17.9. The summed E-state index contributed by atoms with van der Waals surface area (Å²) in [5, 5.41) is 3.17. The maximum absolute atomic E-state index is 13.3. The highest BCUT2D eigenvalue weighted by Crippen LogP contribution is 2.39. The van der Waals surface area contributed by atoms with Gasteiger partial charge in [-0.15, -0.1) is 0 Å². The van der Waals surface area contributed by atoms with Crippen LogP contribution in [0.2, 0.25) is 0 Å². The maximum Gasteiger partial charge on any atom is 0.323 e. The summed E-state index contributed by atoms with van der Waals surface area (Å²) in [6, 6.07) is 8.20. The number of primary amides is 1. The molecule has 1 aromatic carbocycles. The number of hydrogen-bond donors (Lipinski definition) is 2. The number of ether oxygens (including phenoxy) is 1. The SMILES string of the molecule is CCOC(=O)[C@H](CCc1ccccc1)N[C@@H](C)C(=O)N1C2CCC(CC2)[C@H]1C(N)=O. The standard InChI is InChI=1S/C23H33N3O4/c1-3-30-23(29)19(14-9-16-7-5-4-6-8-16)25-15(2)22(28)26-18-12-10-17(11-13-18)20(26)21(24)27/h4-8,15,17-20,25H,3,9-14H2,1-2H3,(H2,24,27)/t15-,17?,18?,19-,20-/m0/s1. The molecule has 4 rings (SSSR count). The molecule has 1 saturated carbocycles. The number of hydrogen-bond acceptors (Lipinski definition) is 5. The highest BCUT2D eigenvalue weighted by atomic mass is 16.5. The van der Waals surface area contributed by atoms with E-state index in [-0.39, 0.29) is 30.4 Å². The van der Waals surface area contributed by atoms with Gasteiger partial charge in [0.05, 0.1) is 12.6 Å². The van der Waals surface area contributed by atoms with Crippen molar-refractivity contribution in [1.82, 2.24) is 10.2 Å². The molecule has 0 spiro atoms. The largest absolute Gasteiger partial charge is 0.465 e. The number of carbonyl (C=O) groups excluding carboxylic acids is 3. The quantitative estimate of drug-likeness (QED) is 0.599. The minimum absolute atomic E-state index is 0.0506. The van der Waals surface area contributed by atoms with Crippen LogP contribution in [0.25, 0.3) is 0 Å². The number of rotatable bonds is 9. The van der Waals surface area contributed by atoms with Crippen LogP contribution >= 0.6 is 0 Å². The van der Waals surface area contributed by atoms with Crippen LogP contribution in [-0.2, 0) is 25.5 Å². The van der Waals surface area contributed by atoms with Crippen LogP contribution in [0.3, 0.4) is 0 Å². The lowest BCUT2D eigenvalue weighted by Crippen LogP contribution is -2.65. The third kappa shape index (κ3) is 5.01. The third-order valence-electron chi connectivity index (χ3n) is 6.38. The number of nitrogens with one attached hydrogen (secondary N) is 1. The first-order chi connectivity index (χ1) is 14.4. The van der Waals surface area contributed by atoms with Gasteiger partial charge in [-0.25, -0.2) is 0 Å². The third-order valence-corrected chi connectivity index (χ3v) is 6.38. The van der Waals surface area contributed by atoms with Crippen molar-refractivity contribution >= 4 is 17.8 Å². The summed E-state index contributed by atoms with van der Waals surface area (Å²) in [7, 11) is 0. The van der Waals surface area contributed by atoms with Gasteiger partial charge in [0.25, 0.3) is 0 Å². The first-order valence-corrected chi connectivity index (χ1v) is 11.0. The molecule has 3 aliphatic rings. The van der Waals surface area contributed by atoms with Crippen molar-refractivity contribution in [3.05, 3.63) is 35.9 Å². The zero-order chi connectivity index (χ0) is 21.7. The second-order valence-electron chi connectivity index (χ2n) is 8.38. The topological polar surface area (TPSA) is 102 Å². The lowest BCUT2D eigenvalue weighted by Gasteiger charge is -2.50. The number of piperidine rings is 2. The molecule has 2 bridgehead atoms. The Bertz CT molecular complexity index is 746. The first-order valence-electron chi connectivity index (χ1n) is 11.0. The molecule has 2 amide bonds. The van der Waals surface area contributed by atoms with Gasteiger partial charge in [-0.2, -0.15) is 0 Å². The molecule has 1 aliphatic carbocycles. The molecule has 3 atom stereocenters. The zero-order valence-corrected chi connectivity index (χ0v) is 17.9. The molecule has 7 nitrogen and oxygen atoms in total. The highest BCUT2D eigenvalue weighted by Gasteiger charge is 2.47. The molecular weight excluding hydrogens is 382 g/mol. The number of esters is 1. The number of fused-ring (bicyclic) bond motifs is 3. The van der Waals surface area contributed by atoms with Gasteiger partial charge in [-0.05, 0) is 63.9 Å². The van der Waals surface area contributed by atoms with Gasteiger partial charge in [0, 0.05) is 6.04 Å². The number of nitrogens with zero attached hydrogens (tertiary/aromatic N) is 1. The second kappa shape index (κ2) is 10.1. The fraction of sp³-hybridized carbons (Fsp3) is 0.609. The van der Waals surface area contributed by atoms with Crippen LogP contribution in [-0.4, -0.2) is 53.5 Å². The van der Waals surface area contributed by atoms with Crippen molar-refractivity contribution in [3.63, 3.8) is 0 Å². The molecule has 1 aromatic rings. The monoisotopic (exact) mass is 415 g/mol. The van der Waals surface area contributed by atoms with Gasteiger partial charge < -0.3 is 15.4 Å². The van der Waals surface area contributed by atoms with E-state index in [2.05, 4.69) is 5.32 Å². The van der Waals surface area contributed by atoms with Crippen LogP contribution in [0.15, 0.2) is 30.3 Å². The van der Waals surface area contributed by atoms with Crippen LogP contribution in [0, 0.1) is 5.92 Å². The van der Waals surface area contributed by atoms with Gasteiger partial charge in [0.2, 0.25) is 11.8 Å². The van der Waals surface area contributed by atoms with Crippen LogP contribution in [0.5, 0.6) is 0 Å². The summed E-state index contributed by atoms with van der Waals surface area (Å²) in [4.78, 5) is 39.6. The Kier molecular flexibility index (Phi) is 7.48. The smallest absolute Gasteiger partial charge is 0.323 e. The Balaban J connectivity index is 1.69. The Morgan fingerprint density at radius 2 is 1.83 bits per heavy atom. The number of benzene rings is 1. The summed E-state index contributed by atoms with van der Waals surface area (Å²) in [6.07, 6.45) is 4.89. The fourth-order valence-electron chi connectivity index (χ4n) is 4.90. The summed E-state index contributed by atoms with van der Waals surface area (Å²) in [6.45, 7) is 3.80. The molecule has 7 heteroatoms. The van der Waals surface area contributed by atoms with Crippen molar-refractivity contribution in [2.24, 2.45) is 11.7 Å². The summed E-state index contributed by atoms with van der Waals surface area (Å²) in [5.74, 6) is -0.819. The Hall–Kier alpha value is -2.41. The summed E-state index contributed by atoms with van der Waals surface area (Å²) >= 11 is 0. The van der Waals surface area contributed by atoms with Crippen LogP contribution < -0.4 is 11.1 Å². The van der Waals surface area contributed by atoms with Gasteiger partial charge in [0.1, 0.15) is 12.1 Å². The molecule has 3 N–H and O–H groups in total. The van der Waals surface area contributed by atoms with Gasteiger partial charge in [-0.3, -0.25) is 19.7 Å². The van der Waals surface area contributed by atoms with Gasteiger partial charge in [-0.1, -0.05) is 30.3 Å². The van der Waals surface area contributed by atoms with E-state index in [1.165, 1.54) is 0 Å². The van der Waals surface area contributed by atoms with E-state index in [9.17, 15) is 14.4 Å². The van der Waals surface area contributed by atoms with E-state index in [1.54, 1.807) is 18.7 Å². The van der Waals surface area contributed by atoms with E-state index < -0.39 is 24.0 Å². The van der Waals surface area contributed by atoms with Gasteiger partial charge >= 0.3 is 5.97 Å². The Morgan fingerprint density at radius 1 is 1.17 bits per heavy atom. The van der Waals surface area contributed by atoms with Crippen LogP contribution in [0.1, 0.15) is 51.5 Å². The lowest BCUT2D eigenvalue weighted by atomic mass is 9.74. The summed E-state index contributed by atoms with van der Waals surface area (Å²) in [5.41, 5.74) is 6.78.